The quantitative estimate of drug-likeness (QED) is 0.803. The second-order valence-corrected chi connectivity index (χ2v) is 4.93. The summed E-state index contributed by atoms with van der Waals surface area (Å²) >= 11 is 0. The van der Waals surface area contributed by atoms with Crippen molar-refractivity contribution in [3.63, 3.8) is 0 Å². The molecular weight excluding hydrogens is 284 g/mol. The summed E-state index contributed by atoms with van der Waals surface area (Å²) < 4.78 is 1.21. The molecule has 0 aliphatic heterocycles. The van der Waals surface area contributed by atoms with Crippen LogP contribution in [0.15, 0.2) is 36.5 Å². The number of rotatable bonds is 7. The maximum absolute atomic E-state index is 11.9. The average molecular weight is 302 g/mol. The Bertz CT molecular complexity index is 639. The highest BCUT2D eigenvalue weighted by molar-refractivity contribution is 5.84. The number of nitrogens with zero attached hydrogens (tertiary/aromatic N) is 3. The van der Waals surface area contributed by atoms with Gasteiger partial charge in [-0.15, -0.1) is 5.10 Å². The van der Waals surface area contributed by atoms with Gasteiger partial charge in [0.1, 0.15) is 6.54 Å². The molecule has 7 heteroatoms. The van der Waals surface area contributed by atoms with Gasteiger partial charge in [0.05, 0.1) is 6.20 Å². The molecule has 0 saturated carbocycles. The molecule has 0 spiro atoms. The second kappa shape index (κ2) is 7.35. The van der Waals surface area contributed by atoms with Gasteiger partial charge in [0.15, 0.2) is 5.69 Å². The molecule has 0 fully saturated rings. The number of carboxylic acid groups (broad SMARTS) is 1. The largest absolute Gasteiger partial charge is 0.476 e. The number of carbonyl (C=O) groups excluding carboxylic acids is 1. The van der Waals surface area contributed by atoms with E-state index in [2.05, 4.69) is 22.6 Å². The molecule has 0 bridgehead atoms. The first kappa shape index (κ1) is 15.7. The Morgan fingerprint density at radius 2 is 2.05 bits per heavy atom. The molecule has 116 valence electrons. The summed E-state index contributed by atoms with van der Waals surface area (Å²) in [6, 6.07) is 9.98. The molecule has 1 aromatic carbocycles. The molecule has 0 radical (unpaired) electrons. The van der Waals surface area contributed by atoms with E-state index in [0.29, 0.717) is 6.54 Å². The van der Waals surface area contributed by atoms with Crippen LogP contribution in [0.3, 0.4) is 0 Å². The van der Waals surface area contributed by atoms with Crippen molar-refractivity contribution in [2.75, 3.05) is 6.54 Å². The van der Waals surface area contributed by atoms with Gasteiger partial charge in [-0.1, -0.05) is 42.5 Å². The molecule has 1 atom stereocenters. The van der Waals surface area contributed by atoms with Crippen LogP contribution in [0.2, 0.25) is 0 Å². The molecule has 22 heavy (non-hydrogen) atoms. The number of aromatic nitrogens is 3. The van der Waals surface area contributed by atoms with E-state index in [0.717, 1.165) is 6.42 Å². The van der Waals surface area contributed by atoms with Gasteiger partial charge in [-0.25, -0.2) is 9.48 Å². The van der Waals surface area contributed by atoms with Crippen LogP contribution in [-0.4, -0.2) is 38.5 Å². The SMILES string of the molecule is CCC(CNC(=O)Cn1cc(C(=O)O)nn1)c1ccccc1. The first-order chi connectivity index (χ1) is 10.6. The van der Waals surface area contributed by atoms with Crippen LogP contribution in [-0.2, 0) is 11.3 Å². The smallest absolute Gasteiger partial charge is 0.358 e. The standard InChI is InChI=1S/C15H18N4O3/c1-2-11(12-6-4-3-5-7-12)8-16-14(20)10-19-9-13(15(21)22)17-18-19/h3-7,9,11H,2,8,10H2,1H3,(H,16,20)(H,21,22). The van der Waals surface area contributed by atoms with Crippen LogP contribution in [0.5, 0.6) is 0 Å². The lowest BCUT2D eigenvalue weighted by atomic mass is 9.96. The van der Waals surface area contributed by atoms with E-state index in [4.69, 9.17) is 5.11 Å². The normalized spacial score (nSPS) is 11.9. The van der Waals surface area contributed by atoms with Crippen LogP contribution in [0, 0.1) is 0 Å². The van der Waals surface area contributed by atoms with E-state index in [-0.39, 0.29) is 24.1 Å². The van der Waals surface area contributed by atoms with Crippen LogP contribution in [0.25, 0.3) is 0 Å². The summed E-state index contributed by atoms with van der Waals surface area (Å²) in [5.41, 5.74) is 1.00. The zero-order chi connectivity index (χ0) is 15.9. The molecular formula is C15H18N4O3. The van der Waals surface area contributed by atoms with Gasteiger partial charge in [0.2, 0.25) is 5.91 Å². The van der Waals surface area contributed by atoms with Crippen molar-refractivity contribution in [1.29, 1.82) is 0 Å². The summed E-state index contributed by atoms with van der Waals surface area (Å²) in [5, 5.41) is 18.7. The van der Waals surface area contributed by atoms with Crippen LogP contribution in [0.4, 0.5) is 0 Å². The van der Waals surface area contributed by atoms with Crippen molar-refractivity contribution in [3.8, 4) is 0 Å². The molecule has 1 amide bonds. The van der Waals surface area contributed by atoms with Crippen LogP contribution >= 0.6 is 0 Å². The minimum absolute atomic E-state index is 0.0501. The zero-order valence-corrected chi connectivity index (χ0v) is 12.3. The lowest BCUT2D eigenvalue weighted by molar-refractivity contribution is -0.121. The lowest BCUT2D eigenvalue weighted by Gasteiger charge is -2.16. The second-order valence-electron chi connectivity index (χ2n) is 4.93. The van der Waals surface area contributed by atoms with Gasteiger partial charge in [-0.3, -0.25) is 4.79 Å². The van der Waals surface area contributed by atoms with E-state index in [1.807, 2.05) is 30.3 Å². The fourth-order valence-electron chi connectivity index (χ4n) is 2.14. The number of carbonyl (C=O) groups is 2. The molecule has 1 heterocycles. The Hall–Kier alpha value is -2.70. The van der Waals surface area contributed by atoms with Crippen LogP contribution in [0.1, 0.15) is 35.3 Å². The summed E-state index contributed by atoms with van der Waals surface area (Å²) in [4.78, 5) is 22.6. The first-order valence-electron chi connectivity index (χ1n) is 7.05. The highest BCUT2D eigenvalue weighted by atomic mass is 16.4. The third-order valence-corrected chi connectivity index (χ3v) is 3.37. The van der Waals surface area contributed by atoms with E-state index in [9.17, 15) is 9.59 Å². The van der Waals surface area contributed by atoms with E-state index >= 15 is 0 Å². The molecule has 1 aromatic heterocycles. The molecule has 1 unspecified atom stereocenters. The third kappa shape index (κ3) is 4.15. The fourth-order valence-corrected chi connectivity index (χ4v) is 2.14. The van der Waals surface area contributed by atoms with Crippen molar-refractivity contribution in [2.24, 2.45) is 0 Å². The number of aromatic carboxylic acids is 1. The Kier molecular flexibility index (Phi) is 5.24. The first-order valence-corrected chi connectivity index (χ1v) is 7.05. The maximum atomic E-state index is 11.9. The van der Waals surface area contributed by atoms with E-state index < -0.39 is 5.97 Å². The number of carboxylic acids is 1. The number of hydrogen-bond donors (Lipinski definition) is 2. The van der Waals surface area contributed by atoms with E-state index in [1.54, 1.807) is 0 Å². The van der Waals surface area contributed by atoms with Gasteiger partial charge in [0, 0.05) is 12.5 Å². The van der Waals surface area contributed by atoms with Gasteiger partial charge < -0.3 is 10.4 Å². The predicted molar refractivity (Wildman–Crippen MR) is 79.5 cm³/mol. The minimum Gasteiger partial charge on any atom is -0.476 e. The lowest BCUT2D eigenvalue weighted by Crippen LogP contribution is -2.31. The summed E-state index contributed by atoms with van der Waals surface area (Å²) in [6.45, 7) is 2.55. The Balaban J connectivity index is 1.87. The number of hydrogen-bond acceptors (Lipinski definition) is 4. The van der Waals surface area contributed by atoms with Crippen molar-refractivity contribution >= 4 is 11.9 Å². The molecule has 0 saturated heterocycles. The molecule has 2 N–H and O–H groups in total. The van der Waals surface area contributed by atoms with Crippen molar-refractivity contribution in [3.05, 3.63) is 47.8 Å². The van der Waals surface area contributed by atoms with Gasteiger partial charge >= 0.3 is 5.97 Å². The monoisotopic (exact) mass is 302 g/mol. The molecule has 2 aromatic rings. The number of benzene rings is 1. The summed E-state index contributed by atoms with van der Waals surface area (Å²) in [6.07, 6.45) is 2.15. The summed E-state index contributed by atoms with van der Waals surface area (Å²) in [7, 11) is 0. The molecule has 2 rings (SSSR count). The fraction of sp³-hybridized carbons (Fsp3) is 0.333. The Morgan fingerprint density at radius 1 is 1.32 bits per heavy atom. The maximum Gasteiger partial charge on any atom is 0.358 e. The Labute approximate surface area is 128 Å². The number of amides is 1. The number of nitrogens with one attached hydrogen (secondary N) is 1. The Morgan fingerprint density at radius 3 is 2.64 bits per heavy atom. The average Bonchev–Trinajstić information content (AvgIpc) is 2.97. The molecule has 0 aliphatic rings. The highest BCUT2D eigenvalue weighted by Gasteiger charge is 2.13. The topological polar surface area (TPSA) is 97.1 Å². The third-order valence-electron chi connectivity index (χ3n) is 3.37. The molecule has 0 aliphatic carbocycles. The summed E-state index contributed by atoms with van der Waals surface area (Å²) in [5.74, 6) is -1.14. The van der Waals surface area contributed by atoms with Crippen molar-refractivity contribution in [1.82, 2.24) is 20.3 Å². The predicted octanol–water partition coefficient (Wildman–Crippen LogP) is 1.29. The molecule has 7 nitrogen and oxygen atoms in total. The minimum atomic E-state index is -1.17. The van der Waals surface area contributed by atoms with Gasteiger partial charge in [-0.05, 0) is 12.0 Å². The van der Waals surface area contributed by atoms with Gasteiger partial charge in [0.25, 0.3) is 0 Å². The zero-order valence-electron chi connectivity index (χ0n) is 12.3. The van der Waals surface area contributed by atoms with Crippen LogP contribution < -0.4 is 5.32 Å². The highest BCUT2D eigenvalue weighted by Crippen LogP contribution is 2.17. The van der Waals surface area contributed by atoms with E-state index in [1.165, 1.54) is 16.4 Å². The van der Waals surface area contributed by atoms with Crippen molar-refractivity contribution in [2.45, 2.75) is 25.8 Å². The van der Waals surface area contributed by atoms with Gasteiger partial charge in [-0.2, -0.15) is 0 Å². The van der Waals surface area contributed by atoms with Crippen molar-refractivity contribution < 1.29 is 14.7 Å².